The topological polar surface area (TPSA) is 6.48 Å². The zero-order chi connectivity index (χ0) is 11.9. The molecule has 0 aromatic rings. The molecule has 0 unspecified atom stereocenters. The van der Waals surface area contributed by atoms with Gasteiger partial charge in [0.2, 0.25) is 0 Å². The summed E-state index contributed by atoms with van der Waals surface area (Å²) >= 11 is 3.50. The van der Waals surface area contributed by atoms with Crippen LogP contribution in [0.1, 0.15) is 44.9 Å². The predicted octanol–water partition coefficient (Wildman–Crippen LogP) is 3.11. The quantitative estimate of drug-likeness (QED) is 0.549. The molecule has 2 fully saturated rings. The van der Waals surface area contributed by atoms with Crippen molar-refractivity contribution in [2.24, 2.45) is 0 Å². The highest BCUT2D eigenvalue weighted by molar-refractivity contribution is 9.09. The maximum Gasteiger partial charge on any atom is 0.0113 e. The molecule has 0 bridgehead atoms. The average Bonchev–Trinajstić information content (AvgIpc) is 2.89. The van der Waals surface area contributed by atoms with E-state index in [2.05, 4.69) is 25.7 Å². The third-order valence-corrected chi connectivity index (χ3v) is 4.92. The van der Waals surface area contributed by atoms with Crippen molar-refractivity contribution in [3.8, 4) is 0 Å². The van der Waals surface area contributed by atoms with Crippen molar-refractivity contribution in [2.45, 2.75) is 51.0 Å². The first-order valence-electron chi connectivity index (χ1n) is 7.42. The van der Waals surface area contributed by atoms with Gasteiger partial charge in [-0.1, -0.05) is 35.2 Å². The lowest BCUT2D eigenvalue weighted by atomic mass is 10.1. The fraction of sp³-hybridized carbons (Fsp3) is 1.00. The summed E-state index contributed by atoms with van der Waals surface area (Å²) in [5.41, 5.74) is 0. The molecular weight excluding hydrogens is 276 g/mol. The van der Waals surface area contributed by atoms with Crippen LogP contribution in [0.25, 0.3) is 0 Å². The fourth-order valence-electron chi connectivity index (χ4n) is 3.23. The monoisotopic (exact) mass is 302 g/mol. The summed E-state index contributed by atoms with van der Waals surface area (Å²) in [4.78, 5) is 5.42. The minimum atomic E-state index is 0.936. The molecule has 0 radical (unpaired) electrons. The lowest BCUT2D eigenvalue weighted by Crippen LogP contribution is -2.49. The van der Waals surface area contributed by atoms with Crippen LogP contribution >= 0.6 is 15.9 Å². The third-order valence-electron chi connectivity index (χ3n) is 4.36. The number of nitrogens with zero attached hydrogens (tertiary/aromatic N) is 2. The lowest BCUT2D eigenvalue weighted by Gasteiger charge is -2.38. The summed E-state index contributed by atoms with van der Waals surface area (Å²) in [6.45, 7) is 6.59. The lowest BCUT2D eigenvalue weighted by molar-refractivity contribution is 0.0968. The van der Waals surface area contributed by atoms with Crippen molar-refractivity contribution < 1.29 is 0 Å². The van der Waals surface area contributed by atoms with Crippen molar-refractivity contribution in [1.29, 1.82) is 0 Å². The van der Waals surface area contributed by atoms with Crippen molar-refractivity contribution in [3.63, 3.8) is 0 Å². The van der Waals surface area contributed by atoms with Gasteiger partial charge in [-0.25, -0.2) is 0 Å². The summed E-state index contributed by atoms with van der Waals surface area (Å²) < 4.78 is 0. The highest BCUT2D eigenvalue weighted by Gasteiger charge is 2.25. The summed E-state index contributed by atoms with van der Waals surface area (Å²) in [5, 5.41) is 1.17. The second kappa shape index (κ2) is 7.75. The van der Waals surface area contributed by atoms with Gasteiger partial charge in [-0.2, -0.15) is 0 Å². The second-order valence-corrected chi connectivity index (χ2v) is 6.36. The Balaban J connectivity index is 1.57. The molecule has 0 amide bonds. The van der Waals surface area contributed by atoms with E-state index in [4.69, 9.17) is 0 Å². The number of rotatable bonds is 6. The van der Waals surface area contributed by atoms with Crippen LogP contribution in [-0.2, 0) is 0 Å². The van der Waals surface area contributed by atoms with Gasteiger partial charge in [0.15, 0.2) is 0 Å². The minimum Gasteiger partial charge on any atom is -0.301 e. The number of hydrogen-bond acceptors (Lipinski definition) is 2. The molecule has 0 aromatic carbocycles. The highest BCUT2D eigenvalue weighted by Crippen LogP contribution is 2.24. The van der Waals surface area contributed by atoms with E-state index in [1.807, 2.05) is 0 Å². The maximum absolute atomic E-state index is 3.50. The molecule has 0 aromatic heterocycles. The SMILES string of the molecule is BrCCCCCN1CCN(C2CCCC2)CC1. The van der Waals surface area contributed by atoms with Gasteiger partial charge in [0.1, 0.15) is 0 Å². The van der Waals surface area contributed by atoms with Gasteiger partial charge >= 0.3 is 0 Å². The number of alkyl halides is 1. The van der Waals surface area contributed by atoms with Crippen LogP contribution in [0.2, 0.25) is 0 Å². The van der Waals surface area contributed by atoms with Crippen LogP contribution in [0.15, 0.2) is 0 Å². The molecule has 1 aliphatic heterocycles. The first-order chi connectivity index (χ1) is 8.40. The summed E-state index contributed by atoms with van der Waals surface area (Å²) in [5.74, 6) is 0. The summed E-state index contributed by atoms with van der Waals surface area (Å²) in [7, 11) is 0. The first kappa shape index (κ1) is 13.8. The van der Waals surface area contributed by atoms with Gasteiger partial charge in [-0.15, -0.1) is 0 Å². The summed E-state index contributed by atoms with van der Waals surface area (Å²) in [6, 6.07) is 0.936. The molecule has 0 spiro atoms. The molecule has 1 saturated heterocycles. The average molecular weight is 303 g/mol. The van der Waals surface area contributed by atoms with E-state index >= 15 is 0 Å². The zero-order valence-electron chi connectivity index (χ0n) is 11.0. The molecule has 0 N–H and O–H groups in total. The molecule has 0 atom stereocenters. The largest absolute Gasteiger partial charge is 0.301 e. The number of hydrogen-bond donors (Lipinski definition) is 0. The van der Waals surface area contributed by atoms with Crippen molar-refractivity contribution in [3.05, 3.63) is 0 Å². The number of unbranched alkanes of at least 4 members (excludes halogenated alkanes) is 2. The molecule has 2 nitrogen and oxygen atoms in total. The van der Waals surface area contributed by atoms with Gasteiger partial charge in [0.05, 0.1) is 0 Å². The molecular formula is C14H27BrN2. The van der Waals surface area contributed by atoms with E-state index in [1.54, 1.807) is 0 Å². The normalized spacial score (nSPS) is 24.5. The smallest absolute Gasteiger partial charge is 0.0113 e. The fourth-order valence-corrected chi connectivity index (χ4v) is 3.62. The molecule has 3 heteroatoms. The molecule has 1 aliphatic carbocycles. The first-order valence-corrected chi connectivity index (χ1v) is 8.54. The van der Waals surface area contributed by atoms with Crippen LogP contribution in [0.3, 0.4) is 0 Å². The Kier molecular flexibility index (Phi) is 6.30. The van der Waals surface area contributed by atoms with E-state index < -0.39 is 0 Å². The minimum absolute atomic E-state index is 0.936. The second-order valence-electron chi connectivity index (χ2n) is 5.57. The van der Waals surface area contributed by atoms with Crippen LogP contribution in [0.4, 0.5) is 0 Å². The Labute approximate surface area is 115 Å². The molecule has 1 heterocycles. The number of piperazine rings is 1. The van der Waals surface area contributed by atoms with E-state index in [9.17, 15) is 0 Å². The van der Waals surface area contributed by atoms with Gasteiger partial charge in [0, 0.05) is 37.6 Å². The van der Waals surface area contributed by atoms with Gasteiger partial charge in [-0.3, -0.25) is 4.90 Å². The van der Waals surface area contributed by atoms with Gasteiger partial charge < -0.3 is 4.90 Å². The standard InChI is InChI=1S/C14H27BrN2/c15-8-4-1-5-9-16-10-12-17(13-11-16)14-6-2-3-7-14/h14H,1-13H2. The van der Waals surface area contributed by atoms with Crippen molar-refractivity contribution >= 4 is 15.9 Å². The maximum atomic E-state index is 3.50. The molecule has 100 valence electrons. The van der Waals surface area contributed by atoms with Gasteiger partial charge in [0.25, 0.3) is 0 Å². The molecule has 17 heavy (non-hydrogen) atoms. The zero-order valence-corrected chi connectivity index (χ0v) is 12.6. The Morgan fingerprint density at radius 2 is 1.59 bits per heavy atom. The third kappa shape index (κ3) is 4.53. The van der Waals surface area contributed by atoms with E-state index in [0.717, 1.165) is 6.04 Å². The van der Waals surface area contributed by atoms with Crippen molar-refractivity contribution in [1.82, 2.24) is 9.80 Å². The van der Waals surface area contributed by atoms with E-state index in [0.29, 0.717) is 0 Å². The Bertz CT molecular complexity index is 196. The Morgan fingerprint density at radius 3 is 2.24 bits per heavy atom. The van der Waals surface area contributed by atoms with Crippen LogP contribution in [0, 0.1) is 0 Å². The Morgan fingerprint density at radius 1 is 0.882 bits per heavy atom. The highest BCUT2D eigenvalue weighted by atomic mass is 79.9. The Hall–Kier alpha value is 0.400. The van der Waals surface area contributed by atoms with E-state index in [-0.39, 0.29) is 0 Å². The van der Waals surface area contributed by atoms with Gasteiger partial charge in [-0.05, 0) is 32.2 Å². The van der Waals surface area contributed by atoms with Crippen molar-refractivity contribution in [2.75, 3.05) is 38.1 Å². The molecule has 2 aliphatic rings. The summed E-state index contributed by atoms with van der Waals surface area (Å²) in [6.07, 6.45) is 9.97. The molecule has 1 saturated carbocycles. The van der Waals surface area contributed by atoms with Crippen LogP contribution < -0.4 is 0 Å². The molecule has 2 rings (SSSR count). The van der Waals surface area contributed by atoms with Crippen LogP contribution in [0.5, 0.6) is 0 Å². The van der Waals surface area contributed by atoms with Crippen LogP contribution in [-0.4, -0.2) is 53.9 Å². The van der Waals surface area contributed by atoms with E-state index in [1.165, 1.54) is 83.0 Å². The predicted molar refractivity (Wildman–Crippen MR) is 77.9 cm³/mol. The number of halogens is 1.